The van der Waals surface area contributed by atoms with Gasteiger partial charge in [-0.25, -0.2) is 4.79 Å². The number of amides is 1. The minimum absolute atomic E-state index is 0.0716. The van der Waals surface area contributed by atoms with Gasteiger partial charge in [0.1, 0.15) is 6.07 Å². The summed E-state index contributed by atoms with van der Waals surface area (Å²) in [6.07, 6.45) is 3.29. The van der Waals surface area contributed by atoms with E-state index in [1.54, 1.807) is 47.3 Å². The van der Waals surface area contributed by atoms with Gasteiger partial charge in [0, 0.05) is 12.4 Å². The number of aromatic nitrogens is 3. The molecule has 0 spiro atoms. The minimum Gasteiger partial charge on any atom is -0.465 e. The van der Waals surface area contributed by atoms with Gasteiger partial charge in [0.25, 0.3) is 5.91 Å². The third-order valence-electron chi connectivity index (χ3n) is 4.75. The van der Waals surface area contributed by atoms with Gasteiger partial charge in [-0.1, -0.05) is 36.4 Å². The fourth-order valence-corrected chi connectivity index (χ4v) is 3.12. The third-order valence-corrected chi connectivity index (χ3v) is 4.75. The molecule has 2 heterocycles. The van der Waals surface area contributed by atoms with Gasteiger partial charge in [0.15, 0.2) is 11.5 Å². The van der Waals surface area contributed by atoms with Crippen LogP contribution in [0, 0.1) is 11.3 Å². The van der Waals surface area contributed by atoms with Crippen molar-refractivity contribution in [2.24, 2.45) is 0 Å². The van der Waals surface area contributed by atoms with Gasteiger partial charge in [-0.05, 0) is 41.5 Å². The lowest BCUT2D eigenvalue weighted by molar-refractivity contribution is 0.0602. The van der Waals surface area contributed by atoms with Crippen molar-refractivity contribution in [3.63, 3.8) is 0 Å². The second-order valence-corrected chi connectivity index (χ2v) is 6.77. The second kappa shape index (κ2) is 8.93. The largest absolute Gasteiger partial charge is 0.465 e. The number of hydrogen-bond donors (Lipinski definition) is 1. The zero-order valence-corrected chi connectivity index (χ0v) is 17.0. The van der Waals surface area contributed by atoms with E-state index in [9.17, 15) is 9.59 Å². The smallest absolute Gasteiger partial charge is 0.339 e. The number of ether oxygens (including phenoxy) is 1. The molecule has 0 aliphatic heterocycles. The molecular formula is C24H17N5O3. The monoisotopic (exact) mass is 423 g/mol. The highest BCUT2D eigenvalue weighted by molar-refractivity contribution is 6.07. The molecule has 4 rings (SSSR count). The SMILES string of the molecule is COC(=O)c1ccc(-c2ccccc2)cc1NC(=O)c1ccc(-n2ccc(C#N)c2)nn1. The Hall–Kier alpha value is -4.77. The maximum Gasteiger partial charge on any atom is 0.339 e. The third kappa shape index (κ3) is 4.22. The quantitative estimate of drug-likeness (QED) is 0.488. The van der Waals surface area contributed by atoms with Gasteiger partial charge in [0.2, 0.25) is 0 Å². The Labute approximate surface area is 183 Å². The fraction of sp³-hybridized carbons (Fsp3) is 0.0417. The Morgan fingerprint density at radius 2 is 1.81 bits per heavy atom. The number of nitrogens with one attached hydrogen (secondary N) is 1. The molecule has 1 amide bonds. The zero-order valence-electron chi connectivity index (χ0n) is 17.0. The first kappa shape index (κ1) is 20.5. The van der Waals surface area contributed by atoms with E-state index in [-0.39, 0.29) is 11.3 Å². The predicted molar refractivity (Wildman–Crippen MR) is 117 cm³/mol. The Balaban J connectivity index is 1.61. The van der Waals surface area contributed by atoms with E-state index < -0.39 is 11.9 Å². The normalized spacial score (nSPS) is 10.2. The number of methoxy groups -OCH3 is 1. The van der Waals surface area contributed by atoms with Crippen molar-refractivity contribution in [2.45, 2.75) is 0 Å². The van der Waals surface area contributed by atoms with Gasteiger partial charge in [-0.2, -0.15) is 5.26 Å². The average Bonchev–Trinajstić information content (AvgIpc) is 3.33. The molecule has 0 radical (unpaired) electrons. The van der Waals surface area contributed by atoms with E-state index in [0.29, 0.717) is 17.1 Å². The summed E-state index contributed by atoms with van der Waals surface area (Å²) in [4.78, 5) is 25.0. The Morgan fingerprint density at radius 3 is 2.47 bits per heavy atom. The number of carbonyl (C=O) groups excluding carboxylic acids is 2. The van der Waals surface area contributed by atoms with Crippen LogP contribution in [0.4, 0.5) is 5.69 Å². The van der Waals surface area contributed by atoms with Crippen molar-refractivity contribution in [3.8, 4) is 23.0 Å². The number of nitrogens with zero attached hydrogens (tertiary/aromatic N) is 4. The van der Waals surface area contributed by atoms with Gasteiger partial charge in [-0.3, -0.25) is 4.79 Å². The first-order valence-corrected chi connectivity index (χ1v) is 9.60. The van der Waals surface area contributed by atoms with E-state index in [4.69, 9.17) is 10.00 Å². The summed E-state index contributed by atoms with van der Waals surface area (Å²) in [5.41, 5.74) is 2.85. The van der Waals surface area contributed by atoms with Gasteiger partial charge in [-0.15, -0.1) is 10.2 Å². The van der Waals surface area contributed by atoms with Crippen molar-refractivity contribution in [2.75, 3.05) is 12.4 Å². The maximum absolute atomic E-state index is 12.8. The van der Waals surface area contributed by atoms with Crippen molar-refractivity contribution in [3.05, 3.63) is 95.9 Å². The molecule has 8 nitrogen and oxygen atoms in total. The van der Waals surface area contributed by atoms with E-state index in [1.807, 2.05) is 36.4 Å². The van der Waals surface area contributed by atoms with Crippen molar-refractivity contribution in [1.29, 1.82) is 5.26 Å². The van der Waals surface area contributed by atoms with E-state index >= 15 is 0 Å². The molecule has 0 unspecified atom stereocenters. The fourth-order valence-electron chi connectivity index (χ4n) is 3.12. The lowest BCUT2D eigenvalue weighted by Crippen LogP contribution is -2.17. The molecule has 8 heteroatoms. The van der Waals surface area contributed by atoms with Gasteiger partial charge >= 0.3 is 5.97 Å². The van der Waals surface area contributed by atoms with Gasteiger partial charge < -0.3 is 14.6 Å². The number of anilines is 1. The minimum atomic E-state index is -0.567. The van der Waals surface area contributed by atoms with E-state index in [0.717, 1.165) is 11.1 Å². The molecule has 2 aromatic heterocycles. The van der Waals surface area contributed by atoms with Crippen LogP contribution in [0.15, 0.2) is 79.1 Å². The molecular weight excluding hydrogens is 406 g/mol. The highest BCUT2D eigenvalue weighted by atomic mass is 16.5. The van der Waals surface area contributed by atoms with Crippen LogP contribution in [0.1, 0.15) is 26.4 Å². The van der Waals surface area contributed by atoms with Crippen LogP contribution in [0.3, 0.4) is 0 Å². The van der Waals surface area contributed by atoms with Crippen molar-refractivity contribution >= 4 is 17.6 Å². The molecule has 0 fully saturated rings. The number of benzene rings is 2. The Kier molecular flexibility index (Phi) is 5.72. The predicted octanol–water partition coefficient (Wildman–Crippen LogP) is 3.84. The molecule has 0 saturated heterocycles. The summed E-state index contributed by atoms with van der Waals surface area (Å²) >= 11 is 0. The lowest BCUT2D eigenvalue weighted by atomic mass is 10.0. The van der Waals surface area contributed by atoms with Crippen LogP contribution in [-0.4, -0.2) is 33.8 Å². The number of rotatable bonds is 5. The molecule has 0 atom stereocenters. The molecule has 0 saturated carbocycles. The summed E-state index contributed by atoms with van der Waals surface area (Å²) in [7, 11) is 1.28. The van der Waals surface area contributed by atoms with Crippen LogP contribution in [0.2, 0.25) is 0 Å². The summed E-state index contributed by atoms with van der Waals surface area (Å²) in [6.45, 7) is 0. The van der Waals surface area contributed by atoms with Crippen LogP contribution < -0.4 is 5.32 Å². The second-order valence-electron chi connectivity index (χ2n) is 6.77. The molecule has 0 aliphatic carbocycles. The molecule has 2 aromatic carbocycles. The molecule has 32 heavy (non-hydrogen) atoms. The van der Waals surface area contributed by atoms with E-state index in [2.05, 4.69) is 15.5 Å². The molecule has 0 aliphatic rings. The zero-order chi connectivity index (χ0) is 22.5. The summed E-state index contributed by atoms with van der Waals surface area (Å²) in [5, 5.41) is 19.7. The standard InChI is InChI=1S/C24H17N5O3/c1-32-24(31)19-8-7-18(17-5-3-2-4-6-17)13-21(19)26-23(30)20-9-10-22(28-27-20)29-12-11-16(14-25)15-29/h2-13,15H,1H3,(H,26,30). The molecule has 4 aromatic rings. The number of esters is 1. The van der Waals surface area contributed by atoms with E-state index in [1.165, 1.54) is 13.2 Å². The first-order valence-electron chi connectivity index (χ1n) is 9.60. The number of hydrogen-bond acceptors (Lipinski definition) is 6. The summed E-state index contributed by atoms with van der Waals surface area (Å²) in [6, 6.07) is 21.5. The lowest BCUT2D eigenvalue weighted by Gasteiger charge is -2.12. The van der Waals surface area contributed by atoms with Crippen LogP contribution in [-0.2, 0) is 4.74 Å². The Morgan fingerprint density at radius 1 is 1.00 bits per heavy atom. The number of nitriles is 1. The van der Waals surface area contributed by atoms with Crippen molar-refractivity contribution in [1.82, 2.24) is 14.8 Å². The average molecular weight is 423 g/mol. The van der Waals surface area contributed by atoms with Crippen LogP contribution >= 0.6 is 0 Å². The van der Waals surface area contributed by atoms with Crippen LogP contribution in [0.25, 0.3) is 16.9 Å². The maximum atomic E-state index is 12.8. The highest BCUT2D eigenvalue weighted by Gasteiger charge is 2.17. The topological polar surface area (TPSA) is 110 Å². The molecule has 1 N–H and O–H groups in total. The van der Waals surface area contributed by atoms with Crippen LogP contribution in [0.5, 0.6) is 0 Å². The van der Waals surface area contributed by atoms with Crippen molar-refractivity contribution < 1.29 is 14.3 Å². The first-order chi connectivity index (χ1) is 15.6. The molecule has 0 bridgehead atoms. The Bertz CT molecular complexity index is 1320. The summed E-state index contributed by atoms with van der Waals surface area (Å²) < 4.78 is 6.47. The highest BCUT2D eigenvalue weighted by Crippen LogP contribution is 2.26. The summed E-state index contributed by atoms with van der Waals surface area (Å²) in [5.74, 6) is -0.628. The number of carbonyl (C=O) groups is 2. The molecule has 156 valence electrons. The van der Waals surface area contributed by atoms with Gasteiger partial charge in [0.05, 0.1) is 23.9 Å².